The summed E-state index contributed by atoms with van der Waals surface area (Å²) in [5, 5.41) is 31.5. The van der Waals surface area contributed by atoms with Gasteiger partial charge in [-0.2, -0.15) is 5.10 Å². The van der Waals surface area contributed by atoms with E-state index in [2.05, 4.69) is 20.4 Å². The number of aromatic nitrogens is 5. The van der Waals surface area contributed by atoms with Crippen LogP contribution in [0.15, 0.2) is 58.1 Å². The van der Waals surface area contributed by atoms with E-state index < -0.39 is 36.2 Å². The van der Waals surface area contributed by atoms with Crippen molar-refractivity contribution in [2.24, 2.45) is 0 Å². The van der Waals surface area contributed by atoms with Crippen LogP contribution in [0, 0.1) is 12.7 Å². The Morgan fingerprint density at radius 1 is 0.986 bits per heavy atom. The van der Waals surface area contributed by atoms with Crippen molar-refractivity contribution in [1.29, 1.82) is 0 Å². The number of phenolic OH excluding ortho intramolecular Hbond substituents is 2. The number of piperazine rings is 1. The summed E-state index contributed by atoms with van der Waals surface area (Å²) in [6, 6.07) is 13.3. The zero-order chi connectivity index (χ0) is 48.2. The first kappa shape index (κ1) is 44.2. The molecule has 2 fully saturated rings. The van der Waals surface area contributed by atoms with Gasteiger partial charge in [-0.3, -0.25) is 19.3 Å². The molecule has 2 amide bonds. The molecule has 1 aliphatic carbocycles. The highest BCUT2D eigenvalue weighted by atomic mass is 19.1. The average molecular weight is 939 g/mol. The number of pyridine rings is 2. The third kappa shape index (κ3) is 7.25. The Balaban J connectivity index is 0.764. The molecule has 4 unspecified atom stereocenters. The minimum Gasteiger partial charge on any atom is -0.508 e. The number of phenols is 2. The fourth-order valence-electron chi connectivity index (χ4n) is 11.5. The number of benzene rings is 3. The monoisotopic (exact) mass is 938 g/mol. The molecule has 2 saturated heterocycles. The van der Waals surface area contributed by atoms with E-state index in [0.29, 0.717) is 89.3 Å². The number of carbonyl (C=O) groups excluding carboxylic acids is 3. The maximum Gasteiger partial charge on any atom is 0.408 e. The minimum atomic E-state index is -0.769. The fourth-order valence-corrected chi connectivity index (χ4v) is 11.5. The van der Waals surface area contributed by atoms with E-state index in [1.165, 1.54) is 16.7 Å². The van der Waals surface area contributed by atoms with Crippen LogP contribution in [-0.4, -0.2) is 94.1 Å². The number of nitrogens with zero attached hydrogens (tertiary/aromatic N) is 6. The number of rotatable bonds is 9. The van der Waals surface area contributed by atoms with E-state index in [-0.39, 0.29) is 65.9 Å². The molecule has 5 aliphatic rings. The largest absolute Gasteiger partial charge is 0.508 e. The molecule has 0 spiro atoms. The lowest BCUT2D eigenvalue weighted by Crippen LogP contribution is -2.55. The topological polar surface area (TPSA) is 214 Å². The van der Waals surface area contributed by atoms with E-state index in [4.69, 9.17) is 14.5 Å². The van der Waals surface area contributed by atoms with Gasteiger partial charge >= 0.3 is 17.8 Å². The number of likely N-dealkylation sites (tertiary alicyclic amines) is 1. The van der Waals surface area contributed by atoms with E-state index >= 15 is 4.39 Å². The summed E-state index contributed by atoms with van der Waals surface area (Å²) in [6.07, 6.45) is 2.37. The Morgan fingerprint density at radius 3 is 2.46 bits per heavy atom. The summed E-state index contributed by atoms with van der Waals surface area (Å²) in [5.41, 5.74) is 6.96. The highest BCUT2D eigenvalue weighted by Gasteiger charge is 2.42. The number of hydrogen-bond donors (Lipinski definition) is 4. The second-order valence-corrected chi connectivity index (χ2v) is 19.2. The lowest BCUT2D eigenvalue weighted by atomic mass is 9.81. The Hall–Kier alpha value is -7.34. The molecule has 4 atom stereocenters. The van der Waals surface area contributed by atoms with Gasteiger partial charge in [0.1, 0.15) is 23.9 Å². The predicted molar refractivity (Wildman–Crippen MR) is 250 cm³/mol. The number of nitrogens with one attached hydrogen (secondary N) is 2. The zero-order valence-electron chi connectivity index (χ0n) is 38.6. The van der Waals surface area contributed by atoms with Crippen molar-refractivity contribution >= 4 is 28.9 Å². The maximum atomic E-state index is 15.4. The second kappa shape index (κ2) is 16.7. The molecule has 6 aromatic rings. The predicted octanol–water partition coefficient (Wildman–Crippen LogP) is 6.09. The molecule has 0 saturated carbocycles. The van der Waals surface area contributed by atoms with Crippen LogP contribution >= 0.6 is 0 Å². The molecule has 4 aliphatic heterocycles. The number of hydrogen-bond acceptors (Lipinski definition) is 12. The van der Waals surface area contributed by atoms with Crippen molar-refractivity contribution in [1.82, 2.24) is 39.4 Å². The van der Waals surface area contributed by atoms with Crippen molar-refractivity contribution in [3.05, 3.63) is 120 Å². The normalized spacial score (nSPS) is 20.2. The second-order valence-electron chi connectivity index (χ2n) is 19.2. The first-order valence-electron chi connectivity index (χ1n) is 23.6. The number of aromatic hydroxyl groups is 2. The first-order chi connectivity index (χ1) is 33.2. The molecule has 7 heterocycles. The summed E-state index contributed by atoms with van der Waals surface area (Å²) in [6.45, 7) is 8.60. The lowest BCUT2D eigenvalue weighted by Gasteiger charge is -2.41. The molecule has 3 aromatic heterocycles. The van der Waals surface area contributed by atoms with Crippen LogP contribution in [0.1, 0.15) is 109 Å². The molecule has 356 valence electrons. The Morgan fingerprint density at radius 2 is 1.74 bits per heavy atom. The van der Waals surface area contributed by atoms with Crippen LogP contribution in [0.5, 0.6) is 11.5 Å². The molecule has 11 rings (SSSR count). The van der Waals surface area contributed by atoms with Gasteiger partial charge in [0.25, 0.3) is 11.5 Å². The first-order valence-corrected chi connectivity index (χ1v) is 23.6. The van der Waals surface area contributed by atoms with Crippen LogP contribution in [0.2, 0.25) is 0 Å². The molecule has 17 nitrogen and oxygen atoms in total. The van der Waals surface area contributed by atoms with Crippen molar-refractivity contribution < 1.29 is 38.5 Å². The lowest BCUT2D eigenvalue weighted by molar-refractivity contribution is -0.148. The Kier molecular flexibility index (Phi) is 10.7. The molecular formula is C51H51FN8O9. The summed E-state index contributed by atoms with van der Waals surface area (Å²) >= 11 is 0. The fraction of sp³-hybridized carbons (Fsp3) is 0.392. The van der Waals surface area contributed by atoms with Gasteiger partial charge in [0.15, 0.2) is 12.4 Å². The van der Waals surface area contributed by atoms with E-state index in [1.54, 1.807) is 22.5 Å². The smallest absolute Gasteiger partial charge is 0.408 e. The summed E-state index contributed by atoms with van der Waals surface area (Å²) in [4.78, 5) is 76.1. The number of fused-ring (bicyclic) bond motifs is 7. The van der Waals surface area contributed by atoms with Gasteiger partial charge in [0.05, 0.1) is 52.2 Å². The molecular weight excluding hydrogens is 888 g/mol. The number of aryl methyl sites for hydroxylation is 1. The van der Waals surface area contributed by atoms with E-state index in [9.17, 15) is 34.2 Å². The number of amides is 2. The Labute approximate surface area is 394 Å². The molecule has 0 radical (unpaired) electrons. The minimum absolute atomic E-state index is 0.0366. The summed E-state index contributed by atoms with van der Waals surface area (Å²) in [7, 11) is 0. The van der Waals surface area contributed by atoms with Crippen molar-refractivity contribution in [3.63, 3.8) is 0 Å². The van der Waals surface area contributed by atoms with Gasteiger partial charge in [-0.1, -0.05) is 32.9 Å². The summed E-state index contributed by atoms with van der Waals surface area (Å²) < 4.78 is 29.4. The number of esters is 1. The number of cyclic esters (lactones) is 1. The molecule has 4 N–H and O–H groups in total. The van der Waals surface area contributed by atoms with Gasteiger partial charge in [-0.05, 0) is 103 Å². The standard InChI is InChI=1S/C51H51FN8O9/c1-5-30-33-15-40-46-35(21-59(40)48(64)36(33)22-68-49(30)65)45-38(13-12-31-25(4)37(52)16-39(53-46)44(31)45)54-51(67)69-23-43(63)57-19-28-10-11-29(20-57)58(28)18-26-6-8-27(9-7-26)60-47(55-56-50(60)66)34-14-32(24(2)3)41(61)17-42(34)62/h6-9,14-17,24,28-30,38,61-62H,5,10-13,18-23H2,1-4H3,(H,54,67)(H,56,66). The molecule has 3 aromatic carbocycles. The number of carbonyl (C=O) groups is 3. The number of aromatic amines is 1. The highest BCUT2D eigenvalue weighted by Crippen LogP contribution is 2.46. The van der Waals surface area contributed by atoms with Gasteiger partial charge < -0.3 is 34.5 Å². The van der Waals surface area contributed by atoms with Crippen LogP contribution in [-0.2, 0) is 45.2 Å². The molecule has 18 heteroatoms. The maximum absolute atomic E-state index is 15.4. The quantitative estimate of drug-likeness (QED) is 0.121. The van der Waals surface area contributed by atoms with Crippen molar-refractivity contribution in [3.8, 4) is 40.0 Å². The average Bonchev–Trinajstić information content (AvgIpc) is 3.96. The zero-order valence-corrected chi connectivity index (χ0v) is 38.6. The number of alkyl carbamates (subject to hydrolysis) is 1. The van der Waals surface area contributed by atoms with Crippen LogP contribution in [0.25, 0.3) is 39.4 Å². The highest BCUT2D eigenvalue weighted by molar-refractivity contribution is 5.93. The molecule has 2 bridgehead atoms. The number of H-pyrrole nitrogens is 1. The Bertz CT molecular complexity index is 3270. The van der Waals surface area contributed by atoms with E-state index in [1.807, 2.05) is 51.1 Å². The van der Waals surface area contributed by atoms with Crippen molar-refractivity contribution in [2.45, 2.75) is 109 Å². The van der Waals surface area contributed by atoms with Crippen LogP contribution in [0.3, 0.4) is 0 Å². The van der Waals surface area contributed by atoms with Gasteiger partial charge in [-0.15, -0.1) is 0 Å². The van der Waals surface area contributed by atoms with Crippen LogP contribution in [0.4, 0.5) is 9.18 Å². The van der Waals surface area contributed by atoms with Gasteiger partial charge in [0.2, 0.25) is 0 Å². The van der Waals surface area contributed by atoms with Crippen LogP contribution < -0.4 is 16.6 Å². The number of ether oxygens (including phenoxy) is 2. The SMILES string of the molecule is CCC1C(=O)OCc2c1cc1n(c2=O)Cc2c-1nc1cc(F)c(C)c3c1c2C(NC(=O)OCC(=O)N1CC2CCC(C1)N2Cc1ccc(-n2c(-c4cc(C(C)C)c(O)cc4O)n[nH]c2=O)cc1)CC3. The summed E-state index contributed by atoms with van der Waals surface area (Å²) in [5.74, 6) is -1.73. The third-order valence-electron chi connectivity index (χ3n) is 15.0. The van der Waals surface area contributed by atoms with E-state index in [0.717, 1.165) is 40.5 Å². The molecule has 69 heavy (non-hydrogen) atoms. The third-order valence-corrected chi connectivity index (χ3v) is 15.0. The van der Waals surface area contributed by atoms with Gasteiger partial charge in [0, 0.05) is 54.8 Å². The van der Waals surface area contributed by atoms with Gasteiger partial charge in [-0.25, -0.2) is 28.6 Å². The van der Waals surface area contributed by atoms with Crippen molar-refractivity contribution in [2.75, 3.05) is 19.7 Å². The number of halogens is 1.